The van der Waals surface area contributed by atoms with Crippen LogP contribution in [0.3, 0.4) is 0 Å². The summed E-state index contributed by atoms with van der Waals surface area (Å²) in [5.74, 6) is 2.17. The van der Waals surface area contributed by atoms with Gasteiger partial charge in [-0.1, -0.05) is 12.1 Å². The molecule has 0 saturated heterocycles. The molecule has 0 aliphatic rings. The second kappa shape index (κ2) is 10.1. The van der Waals surface area contributed by atoms with Crippen molar-refractivity contribution in [2.24, 2.45) is 11.5 Å². The first-order chi connectivity index (χ1) is 12.6. The van der Waals surface area contributed by atoms with Crippen molar-refractivity contribution < 1.29 is 20.3 Å². The Labute approximate surface area is 154 Å². The van der Waals surface area contributed by atoms with Crippen molar-refractivity contribution in [3.05, 3.63) is 59.7 Å². The highest BCUT2D eigenvalue weighted by Crippen LogP contribution is 2.15. The van der Waals surface area contributed by atoms with E-state index in [4.69, 9.17) is 31.8 Å². The summed E-state index contributed by atoms with van der Waals surface area (Å²) in [7, 11) is 0. The molecule has 0 unspecified atom stereocenters. The van der Waals surface area contributed by atoms with E-state index in [0.29, 0.717) is 24.9 Å². The van der Waals surface area contributed by atoms with Gasteiger partial charge in [-0.2, -0.15) is 0 Å². The van der Waals surface area contributed by atoms with Crippen LogP contribution in [0.5, 0.6) is 11.5 Å². The predicted molar refractivity (Wildman–Crippen MR) is 103 cm³/mol. The van der Waals surface area contributed by atoms with Gasteiger partial charge in [0.1, 0.15) is 11.5 Å². The molecular formula is C20H28N4O2+2. The predicted octanol–water partition coefficient (Wildman–Crippen LogP) is -0.366. The minimum absolute atomic E-state index is 0.299. The van der Waals surface area contributed by atoms with Crippen LogP contribution in [0.4, 0.5) is 0 Å². The van der Waals surface area contributed by atoms with Gasteiger partial charge in [0.25, 0.3) is 11.7 Å². The molecule has 2 aromatic rings. The first-order valence-corrected chi connectivity index (χ1v) is 8.78. The zero-order valence-corrected chi connectivity index (χ0v) is 15.0. The topological polar surface area (TPSA) is 122 Å². The minimum atomic E-state index is 0.299. The maximum Gasteiger partial charge on any atom is 0.270 e. The van der Waals surface area contributed by atoms with E-state index in [1.807, 2.05) is 48.5 Å². The van der Waals surface area contributed by atoms with E-state index < -0.39 is 0 Å². The van der Waals surface area contributed by atoms with Crippen molar-refractivity contribution in [3.8, 4) is 11.5 Å². The lowest BCUT2D eigenvalue weighted by Crippen LogP contribution is -2.46. The smallest absolute Gasteiger partial charge is 0.270 e. The lowest BCUT2D eigenvalue weighted by Gasteiger charge is -2.08. The molecule has 2 rings (SSSR count). The maximum absolute atomic E-state index is 5.73. The van der Waals surface area contributed by atoms with Crippen LogP contribution in [-0.2, 0) is 0 Å². The third-order valence-electron chi connectivity index (χ3n) is 3.91. The summed E-state index contributed by atoms with van der Waals surface area (Å²) in [6, 6.07) is 15.0. The summed E-state index contributed by atoms with van der Waals surface area (Å²) in [6.07, 6.45) is 4.13. The van der Waals surface area contributed by atoms with Crippen LogP contribution >= 0.6 is 0 Å². The van der Waals surface area contributed by atoms with Crippen LogP contribution in [0.15, 0.2) is 48.5 Å². The molecule has 0 atom stereocenters. The Morgan fingerprint density at radius 3 is 1.50 bits per heavy atom. The minimum Gasteiger partial charge on any atom is -0.494 e. The van der Waals surface area contributed by atoms with Gasteiger partial charge < -0.3 is 9.47 Å². The molecular weight excluding hydrogens is 328 g/mol. The summed E-state index contributed by atoms with van der Waals surface area (Å²) in [5.41, 5.74) is 12.7. The van der Waals surface area contributed by atoms with Crippen molar-refractivity contribution >= 4 is 11.7 Å². The molecule has 0 aromatic heterocycles. The number of rotatable bonds is 11. The van der Waals surface area contributed by atoms with E-state index in [0.717, 1.165) is 48.3 Å². The van der Waals surface area contributed by atoms with Crippen molar-refractivity contribution in [1.82, 2.24) is 0 Å². The molecule has 138 valence electrons. The van der Waals surface area contributed by atoms with Crippen LogP contribution in [-0.4, -0.2) is 24.9 Å². The number of amidine groups is 2. The Bertz CT molecular complexity index is 683. The molecule has 0 fully saturated rings. The van der Waals surface area contributed by atoms with Gasteiger partial charge in [-0.25, -0.2) is 0 Å². The summed E-state index contributed by atoms with van der Waals surface area (Å²) < 4.78 is 11.5. The number of hydrogen-bond donors (Lipinski definition) is 4. The van der Waals surface area contributed by atoms with Gasteiger partial charge >= 0.3 is 0 Å². The second-order valence-electron chi connectivity index (χ2n) is 6.08. The first kappa shape index (κ1) is 19.3. The average molecular weight is 356 g/mol. The lowest BCUT2D eigenvalue weighted by atomic mass is 10.2. The highest BCUT2D eigenvalue weighted by molar-refractivity contribution is 5.93. The van der Waals surface area contributed by atoms with E-state index in [-0.39, 0.29) is 0 Å². The van der Waals surface area contributed by atoms with Crippen LogP contribution < -0.4 is 31.8 Å². The fourth-order valence-electron chi connectivity index (χ4n) is 2.47. The van der Waals surface area contributed by atoms with Gasteiger partial charge in [0, 0.05) is 0 Å². The van der Waals surface area contributed by atoms with E-state index in [1.165, 1.54) is 0 Å². The number of benzene rings is 2. The van der Waals surface area contributed by atoms with E-state index in [9.17, 15) is 0 Å². The summed E-state index contributed by atoms with van der Waals surface area (Å²) in [5, 5.41) is 11.2. The first-order valence-electron chi connectivity index (χ1n) is 8.78. The normalized spacial score (nSPS) is 10.3. The van der Waals surface area contributed by atoms with E-state index in [2.05, 4.69) is 0 Å². The van der Waals surface area contributed by atoms with Gasteiger partial charge in [0.05, 0.1) is 24.3 Å². The Hall–Kier alpha value is -3.02. The molecule has 8 N–H and O–H groups in total. The summed E-state index contributed by atoms with van der Waals surface area (Å²) in [6.45, 7) is 1.34. The van der Waals surface area contributed by atoms with Crippen LogP contribution in [0, 0.1) is 0 Å². The molecule has 0 saturated carbocycles. The summed E-state index contributed by atoms with van der Waals surface area (Å²) in [4.78, 5) is 0. The largest absolute Gasteiger partial charge is 0.494 e. The fraction of sp³-hybridized carbons (Fsp3) is 0.300. The zero-order valence-electron chi connectivity index (χ0n) is 15.0. The van der Waals surface area contributed by atoms with Crippen LogP contribution in [0.2, 0.25) is 0 Å². The Morgan fingerprint density at radius 1 is 0.692 bits per heavy atom. The van der Waals surface area contributed by atoms with Gasteiger partial charge in [-0.15, -0.1) is 0 Å². The highest BCUT2D eigenvalue weighted by atomic mass is 16.5. The molecule has 2 aromatic carbocycles. The van der Waals surface area contributed by atoms with Gasteiger partial charge in [-0.05, 0) is 62.1 Å². The zero-order chi connectivity index (χ0) is 18.8. The Kier molecular flexibility index (Phi) is 7.49. The van der Waals surface area contributed by atoms with Crippen molar-refractivity contribution in [3.63, 3.8) is 0 Å². The molecule has 0 spiro atoms. The number of ether oxygens (including phenoxy) is 2. The van der Waals surface area contributed by atoms with E-state index >= 15 is 0 Å². The maximum atomic E-state index is 5.73. The van der Waals surface area contributed by atoms with Gasteiger partial charge in [-0.3, -0.25) is 22.3 Å². The highest BCUT2D eigenvalue weighted by Gasteiger charge is 2.04. The van der Waals surface area contributed by atoms with E-state index in [1.54, 1.807) is 0 Å². The van der Waals surface area contributed by atoms with Crippen molar-refractivity contribution in [2.45, 2.75) is 25.7 Å². The van der Waals surface area contributed by atoms with Crippen molar-refractivity contribution in [1.29, 1.82) is 0 Å². The SMILES string of the molecule is NC(=[NH2+])c1cccc(OCCCCCCOc2cccc(C(N)=[NH2+])c2)c1. The molecule has 26 heavy (non-hydrogen) atoms. The molecule has 0 aliphatic heterocycles. The van der Waals surface area contributed by atoms with Crippen molar-refractivity contribution in [2.75, 3.05) is 13.2 Å². The molecule has 6 nitrogen and oxygen atoms in total. The summed E-state index contributed by atoms with van der Waals surface area (Å²) >= 11 is 0. The second-order valence-corrected chi connectivity index (χ2v) is 6.08. The molecule has 0 bridgehead atoms. The third kappa shape index (κ3) is 6.47. The Balaban J connectivity index is 1.57. The molecule has 0 radical (unpaired) electrons. The number of hydrogen-bond acceptors (Lipinski definition) is 2. The standard InChI is InChI=1S/C20H26N4O2/c21-19(22)15-7-5-9-17(13-15)25-11-3-1-2-4-12-26-18-10-6-8-16(14-18)20(23)24/h5-10,13-14H,1-4,11-12H2,(H3,21,22)(H3,23,24)/p+2. The van der Waals surface area contributed by atoms with Gasteiger partial charge in [0.2, 0.25) is 0 Å². The number of nitrogens with two attached hydrogens (primary N) is 4. The Morgan fingerprint density at radius 2 is 1.12 bits per heavy atom. The fourth-order valence-corrected chi connectivity index (χ4v) is 2.47. The lowest BCUT2D eigenvalue weighted by molar-refractivity contribution is -0.115. The molecule has 6 heteroatoms. The average Bonchev–Trinajstić information content (AvgIpc) is 2.64. The number of unbranched alkanes of at least 4 members (excludes halogenated alkanes) is 3. The van der Waals surface area contributed by atoms with Crippen LogP contribution in [0.1, 0.15) is 36.8 Å². The monoisotopic (exact) mass is 356 g/mol. The molecule has 0 heterocycles. The van der Waals surface area contributed by atoms with Crippen LogP contribution in [0.25, 0.3) is 0 Å². The quantitative estimate of drug-likeness (QED) is 0.249. The third-order valence-corrected chi connectivity index (χ3v) is 3.91. The molecule has 0 amide bonds. The van der Waals surface area contributed by atoms with Gasteiger partial charge in [0.15, 0.2) is 0 Å². The molecule has 0 aliphatic carbocycles.